The van der Waals surface area contributed by atoms with E-state index in [-0.39, 0.29) is 28.6 Å². The molecule has 1 aliphatic heterocycles. The number of aliphatic hydroxyl groups excluding tert-OH is 1. The van der Waals surface area contributed by atoms with E-state index in [9.17, 15) is 14.7 Å². The van der Waals surface area contributed by atoms with Crippen molar-refractivity contribution in [2.24, 2.45) is 0 Å². The molecule has 170 valence electrons. The van der Waals surface area contributed by atoms with E-state index < -0.39 is 17.7 Å². The van der Waals surface area contributed by atoms with Crippen LogP contribution < -0.4 is 14.4 Å². The zero-order valence-corrected chi connectivity index (χ0v) is 18.4. The average Bonchev–Trinajstić information content (AvgIpc) is 3.42. The molecule has 2 aromatic heterocycles. The van der Waals surface area contributed by atoms with Crippen molar-refractivity contribution in [2.75, 3.05) is 19.1 Å². The van der Waals surface area contributed by atoms with Crippen molar-refractivity contribution in [1.29, 1.82) is 0 Å². The lowest BCUT2D eigenvalue weighted by atomic mass is 9.98. The number of benzene rings is 2. The van der Waals surface area contributed by atoms with Crippen LogP contribution in [-0.2, 0) is 9.59 Å². The first-order valence-electron chi connectivity index (χ1n) is 10.4. The van der Waals surface area contributed by atoms with Crippen molar-refractivity contribution < 1.29 is 24.2 Å². The molecule has 5 rings (SSSR count). The molecule has 2 aromatic carbocycles. The molecule has 0 spiro atoms. The first kappa shape index (κ1) is 21.2. The summed E-state index contributed by atoms with van der Waals surface area (Å²) in [4.78, 5) is 39.7. The van der Waals surface area contributed by atoms with E-state index in [2.05, 4.69) is 15.0 Å². The van der Waals surface area contributed by atoms with Crippen LogP contribution >= 0.6 is 0 Å². The molecule has 2 N–H and O–H groups in total. The molecule has 1 saturated heterocycles. The average molecular weight is 456 g/mol. The number of pyridine rings is 1. The van der Waals surface area contributed by atoms with Crippen LogP contribution in [0, 0.1) is 0 Å². The number of imidazole rings is 1. The van der Waals surface area contributed by atoms with Crippen LogP contribution in [0.2, 0.25) is 0 Å². The van der Waals surface area contributed by atoms with E-state index in [1.54, 1.807) is 48.7 Å². The fraction of sp³-hybridized carbons (Fsp3) is 0.120. The van der Waals surface area contributed by atoms with E-state index in [1.165, 1.54) is 19.1 Å². The summed E-state index contributed by atoms with van der Waals surface area (Å²) in [5.41, 5.74) is 1.86. The number of rotatable bonds is 5. The van der Waals surface area contributed by atoms with Crippen LogP contribution in [0.4, 0.5) is 5.95 Å². The van der Waals surface area contributed by atoms with Gasteiger partial charge in [0.25, 0.3) is 5.78 Å². The van der Waals surface area contributed by atoms with Gasteiger partial charge < -0.3 is 19.6 Å². The quantitative estimate of drug-likeness (QED) is 0.268. The van der Waals surface area contributed by atoms with E-state index in [0.29, 0.717) is 22.5 Å². The topological polar surface area (TPSA) is 118 Å². The highest BCUT2D eigenvalue weighted by atomic mass is 16.5. The highest BCUT2D eigenvalue weighted by Crippen LogP contribution is 2.42. The monoisotopic (exact) mass is 456 g/mol. The van der Waals surface area contributed by atoms with Gasteiger partial charge in [-0.1, -0.05) is 18.2 Å². The second-order valence-electron chi connectivity index (χ2n) is 7.57. The normalized spacial score (nSPS) is 17.4. The van der Waals surface area contributed by atoms with Crippen LogP contribution in [0.5, 0.6) is 11.5 Å². The number of para-hydroxylation sites is 2. The highest BCUT2D eigenvalue weighted by molar-refractivity contribution is 6.51. The molecule has 1 aliphatic rings. The van der Waals surface area contributed by atoms with Gasteiger partial charge in [-0.05, 0) is 36.4 Å². The summed E-state index contributed by atoms with van der Waals surface area (Å²) in [5, 5.41) is 11.3. The molecule has 4 aromatic rings. The minimum Gasteiger partial charge on any atom is -0.507 e. The van der Waals surface area contributed by atoms with Gasteiger partial charge in [-0.25, -0.2) is 4.98 Å². The molecule has 1 atom stereocenters. The number of Topliss-reactive ketones (excluding diaryl/α,β-unsaturated/α-hetero) is 1. The molecule has 1 unspecified atom stereocenters. The molecule has 9 heteroatoms. The molecule has 1 fully saturated rings. The number of hydrogen-bond acceptors (Lipinski definition) is 7. The molecule has 0 bridgehead atoms. The molecule has 0 radical (unpaired) electrons. The van der Waals surface area contributed by atoms with Crippen molar-refractivity contribution in [3.05, 3.63) is 83.7 Å². The number of hydrogen-bond donors (Lipinski definition) is 2. The molecular formula is C25H20N4O5. The van der Waals surface area contributed by atoms with Crippen molar-refractivity contribution in [2.45, 2.75) is 6.04 Å². The summed E-state index contributed by atoms with van der Waals surface area (Å²) in [6, 6.07) is 16.2. The van der Waals surface area contributed by atoms with Crippen LogP contribution in [0.3, 0.4) is 0 Å². The van der Waals surface area contributed by atoms with E-state index in [0.717, 1.165) is 0 Å². The Balaban J connectivity index is 1.73. The van der Waals surface area contributed by atoms with Gasteiger partial charge in [-0.3, -0.25) is 19.5 Å². The molecule has 0 aliphatic carbocycles. The smallest absolute Gasteiger partial charge is 0.302 e. The third kappa shape index (κ3) is 3.34. The molecule has 1 amide bonds. The number of aromatic nitrogens is 3. The number of amides is 1. The Bertz CT molecular complexity index is 1410. The van der Waals surface area contributed by atoms with Crippen LogP contribution in [0.25, 0.3) is 16.8 Å². The summed E-state index contributed by atoms with van der Waals surface area (Å²) in [6.07, 6.45) is 1.56. The lowest BCUT2D eigenvalue weighted by molar-refractivity contribution is -0.132. The first-order chi connectivity index (χ1) is 16.5. The molecule has 34 heavy (non-hydrogen) atoms. The van der Waals surface area contributed by atoms with E-state index in [1.807, 2.05) is 18.2 Å². The third-order valence-corrected chi connectivity index (χ3v) is 5.68. The maximum atomic E-state index is 13.3. The second kappa shape index (κ2) is 8.36. The summed E-state index contributed by atoms with van der Waals surface area (Å²) in [7, 11) is 2.95. The van der Waals surface area contributed by atoms with Gasteiger partial charge in [0.15, 0.2) is 0 Å². The van der Waals surface area contributed by atoms with Crippen LogP contribution in [0.15, 0.2) is 72.4 Å². The fourth-order valence-electron chi connectivity index (χ4n) is 4.06. The van der Waals surface area contributed by atoms with Gasteiger partial charge in [-0.2, -0.15) is 0 Å². The number of ketones is 1. The predicted molar refractivity (Wildman–Crippen MR) is 125 cm³/mol. The standard InChI is InChI=1S/C25H20N4O5/c1-33-14-10-11-15(19(13-14)34-2)22(30)20-21(18-9-5-6-12-26-18)29(24(32)23(20)31)25-27-16-7-3-4-8-17(16)28-25/h3-13,21,30H,1-2H3,(H,27,28)/b22-20+. The first-order valence-corrected chi connectivity index (χ1v) is 10.4. The second-order valence-corrected chi connectivity index (χ2v) is 7.57. The Morgan fingerprint density at radius 3 is 2.53 bits per heavy atom. The van der Waals surface area contributed by atoms with Crippen molar-refractivity contribution in [3.63, 3.8) is 0 Å². The summed E-state index contributed by atoms with van der Waals surface area (Å²) in [5.74, 6) is -1.09. The number of aromatic amines is 1. The summed E-state index contributed by atoms with van der Waals surface area (Å²) >= 11 is 0. The van der Waals surface area contributed by atoms with Gasteiger partial charge in [0.1, 0.15) is 23.3 Å². The Labute approximate surface area is 194 Å². The van der Waals surface area contributed by atoms with Crippen molar-refractivity contribution in [1.82, 2.24) is 15.0 Å². The van der Waals surface area contributed by atoms with Crippen molar-refractivity contribution >= 4 is 34.4 Å². The van der Waals surface area contributed by atoms with Gasteiger partial charge >= 0.3 is 5.91 Å². The molecule has 9 nitrogen and oxygen atoms in total. The SMILES string of the molecule is COc1ccc(/C(O)=C2\C(=O)C(=O)N(c3nc4ccccc4[nH]3)C2c2ccccn2)c(OC)c1. The fourth-order valence-corrected chi connectivity index (χ4v) is 4.06. The van der Waals surface area contributed by atoms with E-state index in [4.69, 9.17) is 9.47 Å². The van der Waals surface area contributed by atoms with Gasteiger partial charge in [-0.15, -0.1) is 0 Å². The minimum absolute atomic E-state index is 0.118. The molecule has 3 heterocycles. The lowest BCUT2D eigenvalue weighted by Crippen LogP contribution is -2.30. The van der Waals surface area contributed by atoms with Gasteiger partial charge in [0.05, 0.1) is 42.1 Å². The van der Waals surface area contributed by atoms with Gasteiger partial charge in [0.2, 0.25) is 5.95 Å². The van der Waals surface area contributed by atoms with Crippen molar-refractivity contribution in [3.8, 4) is 11.5 Å². The van der Waals surface area contributed by atoms with E-state index >= 15 is 0 Å². The lowest BCUT2D eigenvalue weighted by Gasteiger charge is -2.22. The largest absolute Gasteiger partial charge is 0.507 e. The Hall–Kier alpha value is -4.66. The third-order valence-electron chi connectivity index (χ3n) is 5.68. The predicted octanol–water partition coefficient (Wildman–Crippen LogP) is 3.60. The molecular weight excluding hydrogens is 436 g/mol. The van der Waals surface area contributed by atoms with Crippen LogP contribution in [0.1, 0.15) is 17.3 Å². The number of H-pyrrole nitrogens is 1. The summed E-state index contributed by atoms with van der Waals surface area (Å²) in [6.45, 7) is 0. The number of ether oxygens (including phenoxy) is 2. The maximum absolute atomic E-state index is 13.3. The number of anilines is 1. The molecule has 0 saturated carbocycles. The minimum atomic E-state index is -1.01. The highest BCUT2D eigenvalue weighted by Gasteiger charge is 2.49. The Kier molecular flexibility index (Phi) is 5.21. The number of nitrogens with one attached hydrogen (secondary N) is 1. The number of fused-ring (bicyclic) bond motifs is 1. The zero-order valence-electron chi connectivity index (χ0n) is 18.4. The number of aliphatic hydroxyl groups is 1. The van der Waals surface area contributed by atoms with Gasteiger partial charge in [0, 0.05) is 12.3 Å². The zero-order chi connectivity index (χ0) is 23.8. The Morgan fingerprint density at radius 2 is 1.82 bits per heavy atom. The maximum Gasteiger partial charge on any atom is 0.302 e. The van der Waals surface area contributed by atoms with Crippen LogP contribution in [-0.4, -0.2) is 46.0 Å². The number of carbonyl (C=O) groups excluding carboxylic acids is 2. The Morgan fingerprint density at radius 1 is 1.03 bits per heavy atom. The number of carbonyl (C=O) groups is 2. The summed E-state index contributed by atoms with van der Waals surface area (Å²) < 4.78 is 10.6. The number of nitrogens with zero attached hydrogens (tertiary/aromatic N) is 3. The number of methoxy groups -OCH3 is 2.